The van der Waals surface area contributed by atoms with Gasteiger partial charge in [-0.25, -0.2) is 0 Å². The van der Waals surface area contributed by atoms with E-state index < -0.39 is 0 Å². The van der Waals surface area contributed by atoms with E-state index in [4.69, 9.17) is 0 Å². The van der Waals surface area contributed by atoms with Crippen molar-refractivity contribution >= 4 is 0 Å². The zero-order valence-electron chi connectivity index (χ0n) is 15.6. The average molecular weight is 334 g/mol. The molecular formula is C24H31N. The molecule has 0 bridgehead atoms. The topological polar surface area (TPSA) is 3.24 Å². The minimum Gasteiger partial charge on any atom is -0.303 e. The van der Waals surface area contributed by atoms with E-state index in [0.29, 0.717) is 0 Å². The van der Waals surface area contributed by atoms with Crippen LogP contribution in [-0.2, 0) is 12.8 Å². The molecule has 4 rings (SSSR count). The summed E-state index contributed by atoms with van der Waals surface area (Å²) >= 11 is 0. The normalized spacial score (nSPS) is 20.2. The van der Waals surface area contributed by atoms with Crippen LogP contribution in [0.4, 0.5) is 0 Å². The molecule has 1 aliphatic heterocycles. The molecule has 0 radical (unpaired) electrons. The maximum Gasteiger partial charge on any atom is 0.000989 e. The molecule has 1 nitrogen and oxygen atoms in total. The molecule has 25 heavy (non-hydrogen) atoms. The van der Waals surface area contributed by atoms with Gasteiger partial charge in [-0.1, -0.05) is 48.5 Å². The third kappa shape index (κ3) is 3.98. The molecule has 0 amide bonds. The van der Waals surface area contributed by atoms with Crippen LogP contribution in [0, 0.1) is 12.8 Å². The van der Waals surface area contributed by atoms with Crippen molar-refractivity contribution in [3.8, 4) is 0 Å². The maximum atomic E-state index is 2.75. The van der Waals surface area contributed by atoms with Gasteiger partial charge in [0.25, 0.3) is 0 Å². The summed E-state index contributed by atoms with van der Waals surface area (Å²) in [4.78, 5) is 2.75. The Morgan fingerprint density at radius 2 is 1.40 bits per heavy atom. The molecule has 1 fully saturated rings. The highest BCUT2D eigenvalue weighted by atomic mass is 15.1. The van der Waals surface area contributed by atoms with E-state index in [2.05, 4.69) is 60.4 Å². The first-order valence-electron chi connectivity index (χ1n) is 10.1. The van der Waals surface area contributed by atoms with E-state index in [0.717, 1.165) is 11.8 Å². The molecule has 2 aromatic carbocycles. The van der Waals surface area contributed by atoms with Crippen molar-refractivity contribution in [2.24, 2.45) is 5.92 Å². The average Bonchev–Trinajstić information content (AvgIpc) is 2.86. The number of benzene rings is 2. The number of nitrogens with zero attached hydrogens (tertiary/aromatic N) is 1. The van der Waals surface area contributed by atoms with Crippen LogP contribution in [0.15, 0.2) is 48.5 Å². The van der Waals surface area contributed by atoms with Crippen molar-refractivity contribution in [1.82, 2.24) is 4.90 Å². The minimum absolute atomic E-state index is 0.774. The predicted molar refractivity (Wildman–Crippen MR) is 106 cm³/mol. The van der Waals surface area contributed by atoms with E-state index in [9.17, 15) is 0 Å². The minimum atomic E-state index is 0.774. The van der Waals surface area contributed by atoms with Crippen LogP contribution in [-0.4, -0.2) is 24.5 Å². The maximum absolute atomic E-state index is 2.75. The van der Waals surface area contributed by atoms with Gasteiger partial charge in [-0.05, 0) is 92.6 Å². The summed E-state index contributed by atoms with van der Waals surface area (Å²) in [6, 6.07) is 18.1. The zero-order chi connectivity index (χ0) is 17.1. The predicted octanol–water partition coefficient (Wildman–Crippen LogP) is 5.37. The highest BCUT2D eigenvalue weighted by Gasteiger charge is 2.24. The third-order valence-corrected chi connectivity index (χ3v) is 6.49. The monoisotopic (exact) mass is 333 g/mol. The smallest absolute Gasteiger partial charge is 0.000989 e. The second-order valence-corrected chi connectivity index (χ2v) is 8.14. The summed E-state index contributed by atoms with van der Waals surface area (Å²) in [6.07, 6.45) is 7.96. The Bertz CT molecular complexity index is 670. The lowest BCUT2D eigenvalue weighted by Crippen LogP contribution is -2.36. The van der Waals surface area contributed by atoms with Crippen molar-refractivity contribution in [1.29, 1.82) is 0 Å². The molecule has 0 atom stereocenters. The molecule has 1 saturated heterocycles. The van der Waals surface area contributed by atoms with Crippen LogP contribution in [0.25, 0.3) is 0 Å². The van der Waals surface area contributed by atoms with Gasteiger partial charge in [0.15, 0.2) is 0 Å². The lowest BCUT2D eigenvalue weighted by molar-refractivity contribution is 0.175. The largest absolute Gasteiger partial charge is 0.303 e. The van der Waals surface area contributed by atoms with Crippen LogP contribution in [0.5, 0.6) is 0 Å². The Balaban J connectivity index is 1.30. The summed E-state index contributed by atoms with van der Waals surface area (Å²) in [5.74, 6) is 1.65. The van der Waals surface area contributed by atoms with Gasteiger partial charge in [0.05, 0.1) is 0 Å². The van der Waals surface area contributed by atoms with Crippen molar-refractivity contribution in [3.63, 3.8) is 0 Å². The van der Waals surface area contributed by atoms with E-state index in [1.807, 2.05) is 0 Å². The van der Waals surface area contributed by atoms with Gasteiger partial charge in [-0.15, -0.1) is 0 Å². The first kappa shape index (κ1) is 16.8. The van der Waals surface area contributed by atoms with Crippen LogP contribution in [0.1, 0.15) is 53.9 Å². The number of piperidine rings is 1. The number of fused-ring (bicyclic) bond motifs is 1. The second-order valence-electron chi connectivity index (χ2n) is 8.14. The van der Waals surface area contributed by atoms with Crippen LogP contribution >= 0.6 is 0 Å². The summed E-state index contributed by atoms with van der Waals surface area (Å²) in [5.41, 5.74) is 6.26. The highest BCUT2D eigenvalue weighted by Crippen LogP contribution is 2.31. The highest BCUT2D eigenvalue weighted by molar-refractivity contribution is 5.30. The molecule has 0 unspecified atom stereocenters. The molecule has 0 N–H and O–H groups in total. The fourth-order valence-corrected chi connectivity index (χ4v) is 4.93. The van der Waals surface area contributed by atoms with Gasteiger partial charge in [0, 0.05) is 6.54 Å². The van der Waals surface area contributed by atoms with Crippen LogP contribution < -0.4 is 0 Å². The Morgan fingerprint density at radius 1 is 0.800 bits per heavy atom. The summed E-state index contributed by atoms with van der Waals surface area (Å²) in [5, 5.41) is 0. The fourth-order valence-electron chi connectivity index (χ4n) is 4.93. The molecule has 2 aromatic rings. The van der Waals surface area contributed by atoms with Crippen molar-refractivity contribution in [2.45, 2.75) is 51.4 Å². The molecule has 1 heterocycles. The quantitative estimate of drug-likeness (QED) is 0.683. The summed E-state index contributed by atoms with van der Waals surface area (Å²) < 4.78 is 0. The van der Waals surface area contributed by atoms with Crippen molar-refractivity contribution in [3.05, 3.63) is 70.8 Å². The summed E-state index contributed by atoms with van der Waals surface area (Å²) in [7, 11) is 0. The van der Waals surface area contributed by atoms with Crippen molar-refractivity contribution in [2.75, 3.05) is 19.6 Å². The molecule has 1 heteroatoms. The third-order valence-electron chi connectivity index (χ3n) is 6.49. The Morgan fingerprint density at radius 3 is 2.04 bits per heavy atom. The standard InChI is InChI=1S/C24H31N/c1-19-6-2-5-9-24(19)23-14-16-25(17-15-23)18-20-10-12-21-7-3-4-8-22(21)13-11-20/h2-9,20,23H,10-18H2,1H3. The molecule has 0 spiro atoms. The summed E-state index contributed by atoms with van der Waals surface area (Å²) in [6.45, 7) is 6.14. The molecular weight excluding hydrogens is 302 g/mol. The molecule has 0 aromatic heterocycles. The SMILES string of the molecule is Cc1ccccc1C1CCN(CC2CCc3ccccc3CC2)CC1. The molecule has 2 aliphatic rings. The fraction of sp³-hybridized carbons (Fsp3) is 0.500. The number of rotatable bonds is 3. The molecule has 0 saturated carbocycles. The second kappa shape index (κ2) is 7.74. The van der Waals surface area contributed by atoms with Gasteiger partial charge in [-0.2, -0.15) is 0 Å². The number of hydrogen-bond donors (Lipinski definition) is 0. The van der Waals surface area contributed by atoms with Crippen LogP contribution in [0.3, 0.4) is 0 Å². The number of hydrogen-bond acceptors (Lipinski definition) is 1. The van der Waals surface area contributed by atoms with E-state index in [1.165, 1.54) is 63.7 Å². The molecule has 1 aliphatic carbocycles. The van der Waals surface area contributed by atoms with Crippen molar-refractivity contribution < 1.29 is 0 Å². The van der Waals surface area contributed by atoms with Gasteiger partial charge in [-0.3, -0.25) is 0 Å². The van der Waals surface area contributed by atoms with Crippen LogP contribution in [0.2, 0.25) is 0 Å². The lowest BCUT2D eigenvalue weighted by Gasteiger charge is -2.34. The van der Waals surface area contributed by atoms with Gasteiger partial charge in [0.2, 0.25) is 0 Å². The van der Waals surface area contributed by atoms with E-state index in [-0.39, 0.29) is 0 Å². The molecule has 132 valence electrons. The number of aryl methyl sites for hydroxylation is 3. The lowest BCUT2D eigenvalue weighted by atomic mass is 9.86. The Kier molecular flexibility index (Phi) is 5.22. The zero-order valence-corrected chi connectivity index (χ0v) is 15.6. The Labute approximate surface area is 153 Å². The van der Waals surface area contributed by atoms with Gasteiger partial charge in [0.1, 0.15) is 0 Å². The van der Waals surface area contributed by atoms with E-state index in [1.54, 1.807) is 16.7 Å². The van der Waals surface area contributed by atoms with Gasteiger partial charge >= 0.3 is 0 Å². The van der Waals surface area contributed by atoms with E-state index >= 15 is 0 Å². The Hall–Kier alpha value is -1.60. The van der Waals surface area contributed by atoms with Gasteiger partial charge < -0.3 is 4.90 Å². The first-order chi connectivity index (χ1) is 12.3. The first-order valence-corrected chi connectivity index (χ1v) is 10.1. The number of likely N-dealkylation sites (tertiary alicyclic amines) is 1.